The number of thioether (sulfide) groups is 2. The lowest BCUT2D eigenvalue weighted by atomic mass is 9.97. The van der Waals surface area contributed by atoms with Crippen molar-refractivity contribution >= 4 is 34.9 Å². The molecule has 0 aromatic heterocycles. The summed E-state index contributed by atoms with van der Waals surface area (Å²) in [5.41, 5.74) is -2.55. The van der Waals surface area contributed by atoms with Crippen LogP contribution in [-0.4, -0.2) is 18.3 Å². The van der Waals surface area contributed by atoms with Crippen molar-refractivity contribution in [2.24, 2.45) is 0 Å². The molecule has 1 atom stereocenters. The van der Waals surface area contributed by atoms with Crippen molar-refractivity contribution in [3.8, 4) is 0 Å². The van der Waals surface area contributed by atoms with Gasteiger partial charge in [0.25, 0.3) is 0 Å². The molecule has 1 N–H and O–H groups in total. The molecular formula is C18H14F3NOS2. The Morgan fingerprint density at radius 2 is 1.80 bits per heavy atom. The number of Topliss-reactive ketones (excluding diaryl/α,β-unsaturated/α-hetero) is 1. The number of nitrogens with one attached hydrogen (secondary N) is 1. The van der Waals surface area contributed by atoms with Crippen LogP contribution in [0.15, 0.2) is 64.5 Å². The second-order valence-corrected chi connectivity index (χ2v) is 7.56. The van der Waals surface area contributed by atoms with Gasteiger partial charge in [0.2, 0.25) is 0 Å². The quantitative estimate of drug-likeness (QED) is 0.733. The van der Waals surface area contributed by atoms with Crippen LogP contribution in [0.5, 0.6) is 0 Å². The lowest BCUT2D eigenvalue weighted by Crippen LogP contribution is -2.07. The fourth-order valence-electron chi connectivity index (χ4n) is 2.63. The van der Waals surface area contributed by atoms with Gasteiger partial charge >= 0.3 is 5.51 Å². The minimum atomic E-state index is -4.36. The minimum Gasteiger partial charge on any atom is -0.382 e. The summed E-state index contributed by atoms with van der Waals surface area (Å²) in [7, 11) is 1.71. The summed E-state index contributed by atoms with van der Waals surface area (Å²) < 4.78 is 37.9. The van der Waals surface area contributed by atoms with Crippen molar-refractivity contribution in [2.75, 3.05) is 7.05 Å². The number of carbonyl (C=O) groups is 1. The van der Waals surface area contributed by atoms with Gasteiger partial charge in [-0.05, 0) is 35.0 Å². The lowest BCUT2D eigenvalue weighted by Gasteiger charge is -2.10. The van der Waals surface area contributed by atoms with Gasteiger partial charge in [0.1, 0.15) is 0 Å². The molecular weight excluding hydrogens is 367 g/mol. The molecule has 0 saturated carbocycles. The van der Waals surface area contributed by atoms with E-state index in [1.165, 1.54) is 30.0 Å². The average molecular weight is 381 g/mol. The standard InChI is InChI=1S/C18H14F3NOS2/c1-22-17-14(12-8-5-9-13(10-12)25-18(19,20)21)15(23)16(24-17)11-6-3-2-4-7-11/h2-10,16,22H,1H3. The molecule has 1 aliphatic rings. The summed E-state index contributed by atoms with van der Waals surface area (Å²) in [6.45, 7) is 0. The minimum absolute atomic E-state index is 0.0638. The third kappa shape index (κ3) is 4.04. The number of halogens is 3. The maximum atomic E-state index is 12.9. The van der Waals surface area contributed by atoms with Gasteiger partial charge in [0, 0.05) is 11.9 Å². The number of rotatable bonds is 4. The largest absolute Gasteiger partial charge is 0.446 e. The molecule has 1 aliphatic heterocycles. The predicted molar refractivity (Wildman–Crippen MR) is 96.1 cm³/mol. The van der Waals surface area contributed by atoms with Crippen LogP contribution in [0.2, 0.25) is 0 Å². The van der Waals surface area contributed by atoms with Gasteiger partial charge in [-0.15, -0.1) is 0 Å². The molecule has 0 aliphatic carbocycles. The summed E-state index contributed by atoms with van der Waals surface area (Å²) in [6.07, 6.45) is 0. The molecule has 0 amide bonds. The molecule has 0 saturated heterocycles. The Morgan fingerprint density at radius 3 is 2.44 bits per heavy atom. The van der Waals surface area contributed by atoms with Crippen LogP contribution < -0.4 is 5.32 Å². The van der Waals surface area contributed by atoms with Crippen molar-refractivity contribution in [1.29, 1.82) is 0 Å². The van der Waals surface area contributed by atoms with Crippen molar-refractivity contribution < 1.29 is 18.0 Å². The molecule has 1 unspecified atom stereocenters. The second kappa shape index (κ2) is 7.17. The summed E-state index contributed by atoms with van der Waals surface area (Å²) in [4.78, 5) is 13.0. The number of hydrogen-bond donors (Lipinski definition) is 1. The van der Waals surface area contributed by atoms with E-state index in [2.05, 4.69) is 5.32 Å². The van der Waals surface area contributed by atoms with E-state index in [0.29, 0.717) is 16.2 Å². The number of benzene rings is 2. The van der Waals surface area contributed by atoms with Gasteiger partial charge in [0.15, 0.2) is 5.78 Å². The van der Waals surface area contributed by atoms with Crippen LogP contribution in [0.25, 0.3) is 5.57 Å². The lowest BCUT2D eigenvalue weighted by molar-refractivity contribution is -0.113. The molecule has 25 heavy (non-hydrogen) atoms. The number of allylic oxidation sites excluding steroid dienone is 1. The van der Waals surface area contributed by atoms with Crippen LogP contribution >= 0.6 is 23.5 Å². The zero-order valence-electron chi connectivity index (χ0n) is 13.1. The Labute approximate surface area is 151 Å². The molecule has 2 nitrogen and oxygen atoms in total. The molecule has 3 rings (SSSR count). The van der Waals surface area contributed by atoms with E-state index in [1.807, 2.05) is 30.3 Å². The first kappa shape index (κ1) is 17.9. The fourth-order valence-corrected chi connectivity index (χ4v) is 4.43. The predicted octanol–water partition coefficient (Wildman–Crippen LogP) is 5.24. The molecule has 0 fully saturated rings. The highest BCUT2D eigenvalue weighted by Crippen LogP contribution is 2.47. The van der Waals surface area contributed by atoms with Crippen LogP contribution in [0, 0.1) is 0 Å². The maximum absolute atomic E-state index is 12.9. The molecule has 130 valence electrons. The Hall–Kier alpha value is -1.86. The summed E-state index contributed by atoms with van der Waals surface area (Å²) in [5, 5.41) is 3.29. The highest BCUT2D eigenvalue weighted by molar-refractivity contribution is 8.04. The molecule has 0 radical (unpaired) electrons. The molecule has 7 heteroatoms. The number of ketones is 1. The molecule has 0 bridgehead atoms. The fraction of sp³-hybridized carbons (Fsp3) is 0.167. The van der Waals surface area contributed by atoms with E-state index in [1.54, 1.807) is 13.1 Å². The second-order valence-electron chi connectivity index (χ2n) is 5.30. The van der Waals surface area contributed by atoms with E-state index in [-0.39, 0.29) is 22.4 Å². The zero-order valence-corrected chi connectivity index (χ0v) is 14.8. The van der Waals surface area contributed by atoms with Crippen molar-refractivity contribution in [2.45, 2.75) is 15.7 Å². The molecule has 0 spiro atoms. The van der Waals surface area contributed by atoms with E-state index in [9.17, 15) is 18.0 Å². The topological polar surface area (TPSA) is 29.1 Å². The first-order chi connectivity index (χ1) is 11.9. The van der Waals surface area contributed by atoms with Gasteiger partial charge < -0.3 is 5.32 Å². The Balaban J connectivity index is 1.95. The van der Waals surface area contributed by atoms with E-state index in [0.717, 1.165) is 5.56 Å². The average Bonchev–Trinajstić information content (AvgIpc) is 2.91. The van der Waals surface area contributed by atoms with Crippen molar-refractivity contribution in [3.05, 3.63) is 70.8 Å². The monoisotopic (exact) mass is 381 g/mol. The van der Waals surface area contributed by atoms with Gasteiger partial charge in [-0.3, -0.25) is 4.79 Å². The van der Waals surface area contributed by atoms with Gasteiger partial charge in [-0.25, -0.2) is 0 Å². The number of hydrogen-bond acceptors (Lipinski definition) is 4. The van der Waals surface area contributed by atoms with Crippen LogP contribution in [0.3, 0.4) is 0 Å². The maximum Gasteiger partial charge on any atom is 0.446 e. The van der Waals surface area contributed by atoms with Crippen molar-refractivity contribution in [3.63, 3.8) is 0 Å². The Bertz CT molecular complexity index is 819. The van der Waals surface area contributed by atoms with Crippen molar-refractivity contribution in [1.82, 2.24) is 5.32 Å². The highest BCUT2D eigenvalue weighted by Gasteiger charge is 2.36. The van der Waals surface area contributed by atoms with E-state index in [4.69, 9.17) is 0 Å². The summed E-state index contributed by atoms with van der Waals surface area (Å²) >= 11 is 1.20. The van der Waals surface area contributed by atoms with Gasteiger partial charge in [0.05, 0.1) is 15.9 Å². The van der Waals surface area contributed by atoms with Crippen LogP contribution in [0.4, 0.5) is 13.2 Å². The van der Waals surface area contributed by atoms with Crippen LogP contribution in [-0.2, 0) is 4.79 Å². The highest BCUT2D eigenvalue weighted by atomic mass is 32.2. The molecule has 2 aromatic rings. The van der Waals surface area contributed by atoms with Gasteiger partial charge in [-0.2, -0.15) is 13.2 Å². The number of carbonyl (C=O) groups excluding carboxylic acids is 1. The van der Waals surface area contributed by atoms with Gasteiger partial charge in [-0.1, -0.05) is 54.2 Å². The first-order valence-electron chi connectivity index (χ1n) is 7.43. The smallest absolute Gasteiger partial charge is 0.382 e. The summed E-state index contributed by atoms with van der Waals surface area (Å²) in [6, 6.07) is 15.4. The van der Waals surface area contributed by atoms with Crippen LogP contribution in [0.1, 0.15) is 16.4 Å². The Morgan fingerprint density at radius 1 is 1.08 bits per heavy atom. The normalized spacial score (nSPS) is 17.9. The zero-order chi connectivity index (χ0) is 18.0. The molecule has 2 aromatic carbocycles. The van der Waals surface area contributed by atoms with E-state index >= 15 is 0 Å². The number of alkyl halides is 3. The summed E-state index contributed by atoms with van der Waals surface area (Å²) in [5.74, 6) is -0.102. The molecule has 1 heterocycles. The third-order valence-corrected chi connectivity index (χ3v) is 5.72. The third-order valence-electron chi connectivity index (χ3n) is 3.63. The Kier molecular flexibility index (Phi) is 5.15. The SMILES string of the molecule is CNC1=C(c2cccc(SC(F)(F)F)c2)C(=O)C(c2ccccc2)S1. The first-order valence-corrected chi connectivity index (χ1v) is 9.12. The van der Waals surface area contributed by atoms with E-state index < -0.39 is 10.8 Å².